The molecule has 2 aromatic carbocycles. The van der Waals surface area contributed by atoms with Crippen LogP contribution in [0.25, 0.3) is 0 Å². The number of carbonyl (C=O) groups is 2. The van der Waals surface area contributed by atoms with Gasteiger partial charge in [-0.25, -0.2) is 4.79 Å². The molecule has 4 rings (SSSR count). The minimum atomic E-state index is -5.08. The van der Waals surface area contributed by atoms with E-state index >= 15 is 0 Å². The van der Waals surface area contributed by atoms with Gasteiger partial charge in [-0.05, 0) is 74.2 Å². The number of carbonyl (C=O) groups excluding carboxylic acids is 1. The minimum Gasteiger partial charge on any atom is -0.493 e. The average molecular weight is 549 g/mol. The molecule has 0 bridgehead atoms. The summed E-state index contributed by atoms with van der Waals surface area (Å²) in [6.45, 7) is 14.2. The smallest absolute Gasteiger partial charge is 0.490 e. The fourth-order valence-corrected chi connectivity index (χ4v) is 5.18. The van der Waals surface area contributed by atoms with Gasteiger partial charge in [-0.3, -0.25) is 9.69 Å². The number of carboxylic acid groups (broad SMARTS) is 1. The molecule has 0 aliphatic carbocycles. The molecule has 2 aliphatic heterocycles. The Labute approximate surface area is 228 Å². The van der Waals surface area contributed by atoms with Crippen LogP contribution in [0.15, 0.2) is 42.5 Å². The Kier molecular flexibility index (Phi) is 10.0. The van der Waals surface area contributed by atoms with Crippen molar-refractivity contribution in [3.63, 3.8) is 0 Å². The van der Waals surface area contributed by atoms with Crippen molar-refractivity contribution in [3.8, 4) is 5.75 Å². The molecule has 0 saturated carbocycles. The highest BCUT2D eigenvalue weighted by Crippen LogP contribution is 2.41. The molecule has 214 valence electrons. The van der Waals surface area contributed by atoms with Gasteiger partial charge in [0.1, 0.15) is 5.75 Å². The highest BCUT2D eigenvalue weighted by atomic mass is 19.4. The maximum atomic E-state index is 13.1. The molecule has 2 aliphatic rings. The van der Waals surface area contributed by atoms with Crippen molar-refractivity contribution < 1.29 is 32.6 Å². The zero-order chi connectivity index (χ0) is 28.8. The van der Waals surface area contributed by atoms with Crippen molar-refractivity contribution in [3.05, 3.63) is 64.7 Å². The van der Waals surface area contributed by atoms with Crippen LogP contribution in [0, 0.1) is 25.2 Å². The molecule has 0 aromatic heterocycles. The van der Waals surface area contributed by atoms with Crippen molar-refractivity contribution in [1.29, 1.82) is 0 Å². The normalized spacial score (nSPS) is 17.2. The number of likely N-dealkylation sites (tertiary alicyclic amines) is 2. The number of aryl methyl sites for hydroxylation is 1. The zero-order valence-electron chi connectivity index (χ0n) is 23.2. The zero-order valence-corrected chi connectivity index (χ0v) is 23.2. The van der Waals surface area contributed by atoms with Crippen molar-refractivity contribution in [1.82, 2.24) is 9.80 Å². The standard InChI is InChI=1S/C28H38N2O2.C2HF3O2/c1-21(2)19-32-26-11-6-5-9-24(26)18-29-15-12-28(20-29)13-16-30(17-14-28)27(31)25-10-7-8-22(3)23(25)4;3-2(4,5)1(6)7/h5-11,21H,12-20H2,1-4H3;(H,6,7). The molecule has 2 aromatic rings. The van der Waals surface area contributed by atoms with Crippen LogP contribution in [0.1, 0.15) is 60.2 Å². The first-order valence-electron chi connectivity index (χ1n) is 13.4. The molecule has 0 radical (unpaired) electrons. The van der Waals surface area contributed by atoms with E-state index in [1.54, 1.807) is 0 Å². The summed E-state index contributed by atoms with van der Waals surface area (Å²) >= 11 is 0. The third-order valence-corrected chi connectivity index (χ3v) is 7.64. The Morgan fingerprint density at radius 2 is 1.62 bits per heavy atom. The predicted molar refractivity (Wildman–Crippen MR) is 144 cm³/mol. The SMILES string of the molecule is Cc1cccc(C(=O)N2CCC3(CCN(Cc4ccccc4OCC(C)C)C3)CC2)c1C.O=C(O)C(F)(F)F. The first-order chi connectivity index (χ1) is 18.3. The number of halogens is 3. The van der Waals surface area contributed by atoms with E-state index in [9.17, 15) is 18.0 Å². The summed E-state index contributed by atoms with van der Waals surface area (Å²) in [6, 6.07) is 14.5. The van der Waals surface area contributed by atoms with Crippen LogP contribution >= 0.6 is 0 Å². The molecule has 2 heterocycles. The van der Waals surface area contributed by atoms with Crippen molar-refractivity contribution in [2.45, 2.75) is 59.7 Å². The van der Waals surface area contributed by atoms with Gasteiger partial charge in [0, 0.05) is 37.3 Å². The lowest BCUT2D eigenvalue weighted by molar-refractivity contribution is -0.192. The maximum absolute atomic E-state index is 13.1. The van der Waals surface area contributed by atoms with Gasteiger partial charge in [-0.1, -0.05) is 44.2 Å². The first kappa shape index (κ1) is 30.5. The average Bonchev–Trinajstić information content (AvgIpc) is 3.26. The van der Waals surface area contributed by atoms with E-state index in [-0.39, 0.29) is 5.91 Å². The second kappa shape index (κ2) is 12.9. The van der Waals surface area contributed by atoms with Crippen LogP contribution in [0.3, 0.4) is 0 Å². The fourth-order valence-electron chi connectivity index (χ4n) is 5.18. The highest BCUT2D eigenvalue weighted by molar-refractivity contribution is 5.96. The van der Waals surface area contributed by atoms with Gasteiger partial charge >= 0.3 is 12.1 Å². The molecule has 39 heavy (non-hydrogen) atoms. The molecule has 1 N–H and O–H groups in total. The van der Waals surface area contributed by atoms with Gasteiger partial charge in [0.15, 0.2) is 0 Å². The van der Waals surface area contributed by atoms with Crippen LogP contribution in [-0.4, -0.2) is 65.7 Å². The number of benzene rings is 2. The number of para-hydroxylation sites is 1. The Hall–Kier alpha value is -3.07. The molecule has 2 fully saturated rings. The summed E-state index contributed by atoms with van der Waals surface area (Å²) < 4.78 is 37.8. The first-order valence-corrected chi connectivity index (χ1v) is 13.4. The minimum absolute atomic E-state index is 0.201. The Balaban J connectivity index is 0.000000532. The molecule has 6 nitrogen and oxygen atoms in total. The van der Waals surface area contributed by atoms with E-state index in [1.165, 1.54) is 17.5 Å². The van der Waals surface area contributed by atoms with Gasteiger partial charge in [0.25, 0.3) is 5.91 Å². The van der Waals surface area contributed by atoms with Crippen molar-refractivity contribution in [2.75, 3.05) is 32.8 Å². The van der Waals surface area contributed by atoms with Gasteiger partial charge < -0.3 is 14.7 Å². The number of hydrogen-bond donors (Lipinski definition) is 1. The van der Waals surface area contributed by atoms with Crippen molar-refractivity contribution in [2.24, 2.45) is 11.3 Å². The number of alkyl halides is 3. The molecule has 1 spiro atoms. The second-order valence-corrected chi connectivity index (χ2v) is 11.1. The van der Waals surface area contributed by atoms with Crippen LogP contribution in [0.5, 0.6) is 5.75 Å². The van der Waals surface area contributed by atoms with E-state index in [1.807, 2.05) is 12.1 Å². The number of hydrogen-bond acceptors (Lipinski definition) is 4. The maximum Gasteiger partial charge on any atom is 0.490 e. The molecule has 9 heteroatoms. The summed E-state index contributed by atoms with van der Waals surface area (Å²) in [5, 5.41) is 7.12. The summed E-state index contributed by atoms with van der Waals surface area (Å²) in [4.78, 5) is 26.7. The number of carboxylic acids is 1. The number of aliphatic carboxylic acids is 1. The van der Waals surface area contributed by atoms with E-state index in [2.05, 4.69) is 67.8 Å². The fraction of sp³-hybridized carbons (Fsp3) is 0.533. The van der Waals surface area contributed by atoms with Crippen LogP contribution < -0.4 is 4.74 Å². The number of rotatable bonds is 6. The monoisotopic (exact) mass is 548 g/mol. The van der Waals surface area contributed by atoms with Crippen LogP contribution in [-0.2, 0) is 11.3 Å². The number of amides is 1. The van der Waals surface area contributed by atoms with Gasteiger partial charge in [0.2, 0.25) is 0 Å². The van der Waals surface area contributed by atoms with E-state index in [0.29, 0.717) is 11.3 Å². The largest absolute Gasteiger partial charge is 0.493 e. The van der Waals surface area contributed by atoms with E-state index in [0.717, 1.165) is 69.0 Å². The number of nitrogens with zero attached hydrogens (tertiary/aromatic N) is 2. The summed E-state index contributed by atoms with van der Waals surface area (Å²) in [7, 11) is 0. The summed E-state index contributed by atoms with van der Waals surface area (Å²) in [5.74, 6) is -1.01. The molecule has 1 amide bonds. The lowest BCUT2D eigenvalue weighted by Gasteiger charge is -2.39. The summed E-state index contributed by atoms with van der Waals surface area (Å²) in [5.41, 5.74) is 4.81. The predicted octanol–water partition coefficient (Wildman–Crippen LogP) is 6.10. The van der Waals surface area contributed by atoms with Gasteiger partial charge in [-0.15, -0.1) is 0 Å². The molecule has 0 atom stereocenters. The van der Waals surface area contributed by atoms with E-state index in [4.69, 9.17) is 14.6 Å². The van der Waals surface area contributed by atoms with Gasteiger partial charge in [-0.2, -0.15) is 13.2 Å². The van der Waals surface area contributed by atoms with Crippen LogP contribution in [0.2, 0.25) is 0 Å². The third kappa shape index (κ3) is 8.21. The number of piperidine rings is 1. The Bertz CT molecular complexity index is 1140. The number of ether oxygens (including phenoxy) is 1. The van der Waals surface area contributed by atoms with Crippen LogP contribution in [0.4, 0.5) is 13.2 Å². The molecule has 0 unspecified atom stereocenters. The highest BCUT2D eigenvalue weighted by Gasteiger charge is 2.41. The second-order valence-electron chi connectivity index (χ2n) is 11.1. The Morgan fingerprint density at radius 1 is 1.00 bits per heavy atom. The topological polar surface area (TPSA) is 70.1 Å². The lowest BCUT2D eigenvalue weighted by atomic mass is 9.77. The quantitative estimate of drug-likeness (QED) is 0.473. The lowest BCUT2D eigenvalue weighted by Crippen LogP contribution is -2.44. The van der Waals surface area contributed by atoms with Gasteiger partial charge in [0.05, 0.1) is 6.61 Å². The van der Waals surface area contributed by atoms with E-state index < -0.39 is 12.1 Å². The summed E-state index contributed by atoms with van der Waals surface area (Å²) in [6.07, 6.45) is -1.65. The van der Waals surface area contributed by atoms with Crippen molar-refractivity contribution >= 4 is 11.9 Å². The molecular formula is C30H39F3N2O4. The third-order valence-electron chi connectivity index (χ3n) is 7.64. The molecular weight excluding hydrogens is 509 g/mol. The Morgan fingerprint density at radius 3 is 2.23 bits per heavy atom. The molecule has 2 saturated heterocycles.